The molecule has 2 saturated heterocycles. The third-order valence-corrected chi connectivity index (χ3v) is 6.15. The van der Waals surface area contributed by atoms with E-state index in [0.717, 1.165) is 32.3 Å². The van der Waals surface area contributed by atoms with Crippen LogP contribution in [0.1, 0.15) is 46.0 Å². The van der Waals surface area contributed by atoms with Crippen LogP contribution < -0.4 is 5.32 Å². The molecular formula is C18H34N4O. The van der Waals surface area contributed by atoms with Crippen molar-refractivity contribution in [3.05, 3.63) is 0 Å². The molecule has 23 heavy (non-hydrogen) atoms. The molecule has 0 aromatic rings. The van der Waals surface area contributed by atoms with Crippen molar-refractivity contribution in [1.29, 1.82) is 0 Å². The molecule has 0 aromatic carbocycles. The molecule has 0 amide bonds. The summed E-state index contributed by atoms with van der Waals surface area (Å²) in [7, 11) is 1.92. The molecule has 5 nitrogen and oxygen atoms in total. The predicted molar refractivity (Wildman–Crippen MR) is 94.9 cm³/mol. The largest absolute Gasteiger partial charge is 0.379 e. The lowest BCUT2D eigenvalue weighted by molar-refractivity contribution is -0.0175. The van der Waals surface area contributed by atoms with Crippen LogP contribution >= 0.6 is 0 Å². The highest BCUT2D eigenvalue weighted by atomic mass is 16.5. The quantitative estimate of drug-likeness (QED) is 0.637. The van der Waals surface area contributed by atoms with Gasteiger partial charge in [0.1, 0.15) is 0 Å². The number of nitrogens with one attached hydrogen (secondary N) is 1. The molecule has 1 N–H and O–H groups in total. The molecule has 0 aromatic heterocycles. The van der Waals surface area contributed by atoms with Crippen LogP contribution in [0.2, 0.25) is 0 Å². The Kier molecular flexibility index (Phi) is 5.47. The first-order valence-corrected chi connectivity index (χ1v) is 9.43. The molecule has 1 saturated carbocycles. The van der Waals surface area contributed by atoms with E-state index in [-0.39, 0.29) is 0 Å². The van der Waals surface area contributed by atoms with Gasteiger partial charge in [0, 0.05) is 45.3 Å². The van der Waals surface area contributed by atoms with Crippen LogP contribution in [0.15, 0.2) is 4.99 Å². The summed E-state index contributed by atoms with van der Waals surface area (Å²) in [5.41, 5.74) is 0.599. The Balaban J connectivity index is 1.50. The molecule has 0 bridgehead atoms. The zero-order chi connectivity index (χ0) is 16.3. The predicted octanol–water partition coefficient (Wildman–Crippen LogP) is 1.94. The highest BCUT2D eigenvalue weighted by Crippen LogP contribution is 2.45. The van der Waals surface area contributed by atoms with E-state index in [1.54, 1.807) is 0 Å². The van der Waals surface area contributed by atoms with Gasteiger partial charge in [0.25, 0.3) is 0 Å². The van der Waals surface area contributed by atoms with Gasteiger partial charge in [0.05, 0.1) is 13.2 Å². The van der Waals surface area contributed by atoms with Gasteiger partial charge in [-0.1, -0.05) is 12.8 Å². The number of ether oxygens (including phenoxy) is 1. The zero-order valence-corrected chi connectivity index (χ0v) is 15.2. The maximum absolute atomic E-state index is 5.55. The summed E-state index contributed by atoms with van der Waals surface area (Å²) in [4.78, 5) is 9.58. The maximum Gasteiger partial charge on any atom is 0.193 e. The summed E-state index contributed by atoms with van der Waals surface area (Å²) in [5, 5.41) is 3.63. The van der Waals surface area contributed by atoms with Gasteiger partial charge in [0.15, 0.2) is 5.96 Å². The van der Waals surface area contributed by atoms with Gasteiger partial charge in [-0.15, -0.1) is 0 Å². The number of morpholine rings is 1. The molecule has 132 valence electrons. The number of aliphatic imine (C=N–C) groups is 1. The van der Waals surface area contributed by atoms with Crippen molar-refractivity contribution in [2.75, 3.05) is 46.4 Å². The molecule has 1 aliphatic carbocycles. The van der Waals surface area contributed by atoms with E-state index >= 15 is 0 Å². The number of guanidine groups is 1. The van der Waals surface area contributed by atoms with Crippen LogP contribution in [-0.4, -0.2) is 74.3 Å². The van der Waals surface area contributed by atoms with Gasteiger partial charge in [-0.3, -0.25) is 9.89 Å². The lowest BCUT2D eigenvalue weighted by atomic mass is 9.86. The number of nitrogens with zero attached hydrogens (tertiary/aromatic N) is 3. The normalized spacial score (nSPS) is 30.1. The second-order valence-electron chi connectivity index (χ2n) is 7.82. The van der Waals surface area contributed by atoms with Crippen LogP contribution in [-0.2, 0) is 4.74 Å². The Morgan fingerprint density at radius 3 is 2.78 bits per heavy atom. The van der Waals surface area contributed by atoms with E-state index < -0.39 is 0 Å². The summed E-state index contributed by atoms with van der Waals surface area (Å²) in [6.07, 6.45) is 7.03. The standard InChI is InChI=1S/C18H34N4O/c1-15(22-10-11-23-13-16(22)2)12-20-17(19-3)21-9-8-18(14-21)6-4-5-7-18/h15-16H,4-14H2,1-3H3,(H,19,20). The van der Waals surface area contributed by atoms with Crippen molar-refractivity contribution in [2.24, 2.45) is 10.4 Å². The summed E-state index contributed by atoms with van der Waals surface area (Å²) in [6.45, 7) is 10.7. The van der Waals surface area contributed by atoms with E-state index in [1.165, 1.54) is 45.2 Å². The van der Waals surface area contributed by atoms with E-state index in [1.807, 2.05) is 7.05 Å². The highest BCUT2D eigenvalue weighted by Gasteiger charge is 2.41. The van der Waals surface area contributed by atoms with Crippen molar-refractivity contribution in [1.82, 2.24) is 15.1 Å². The minimum atomic E-state index is 0.508. The van der Waals surface area contributed by atoms with Crippen molar-refractivity contribution in [3.8, 4) is 0 Å². The first-order valence-electron chi connectivity index (χ1n) is 9.43. The van der Waals surface area contributed by atoms with Crippen molar-refractivity contribution >= 4 is 5.96 Å². The van der Waals surface area contributed by atoms with Crippen molar-refractivity contribution in [3.63, 3.8) is 0 Å². The zero-order valence-electron chi connectivity index (χ0n) is 15.2. The van der Waals surface area contributed by atoms with Gasteiger partial charge in [-0.05, 0) is 38.5 Å². The van der Waals surface area contributed by atoms with Gasteiger partial charge >= 0.3 is 0 Å². The van der Waals surface area contributed by atoms with E-state index in [9.17, 15) is 0 Å². The fourth-order valence-electron chi connectivity index (χ4n) is 4.73. The summed E-state index contributed by atoms with van der Waals surface area (Å²) < 4.78 is 5.55. The Morgan fingerprint density at radius 1 is 1.30 bits per heavy atom. The second-order valence-corrected chi connectivity index (χ2v) is 7.82. The fourth-order valence-corrected chi connectivity index (χ4v) is 4.73. The second kappa shape index (κ2) is 7.39. The number of hydrogen-bond donors (Lipinski definition) is 1. The molecule has 5 heteroatoms. The molecule has 2 heterocycles. The first-order chi connectivity index (χ1) is 11.1. The molecule has 3 aliphatic rings. The van der Waals surface area contributed by atoms with E-state index in [0.29, 0.717) is 17.5 Å². The van der Waals surface area contributed by atoms with Gasteiger partial charge in [-0.2, -0.15) is 0 Å². The molecule has 3 rings (SSSR count). The molecule has 0 radical (unpaired) electrons. The Morgan fingerprint density at radius 2 is 2.09 bits per heavy atom. The topological polar surface area (TPSA) is 40.1 Å². The number of hydrogen-bond acceptors (Lipinski definition) is 3. The summed E-state index contributed by atoms with van der Waals surface area (Å²) >= 11 is 0. The number of likely N-dealkylation sites (tertiary alicyclic amines) is 1. The minimum Gasteiger partial charge on any atom is -0.379 e. The van der Waals surface area contributed by atoms with Crippen molar-refractivity contribution < 1.29 is 4.74 Å². The molecule has 2 atom stereocenters. The fraction of sp³-hybridized carbons (Fsp3) is 0.944. The average molecular weight is 322 g/mol. The maximum atomic E-state index is 5.55. The van der Waals surface area contributed by atoms with Gasteiger partial charge in [0.2, 0.25) is 0 Å². The molecule has 2 aliphatic heterocycles. The molecule has 1 spiro atoms. The summed E-state index contributed by atoms with van der Waals surface area (Å²) in [5.74, 6) is 1.10. The Bertz CT molecular complexity index is 419. The van der Waals surface area contributed by atoms with Crippen molar-refractivity contribution in [2.45, 2.75) is 58.0 Å². The van der Waals surface area contributed by atoms with E-state index in [2.05, 4.69) is 34.0 Å². The lowest BCUT2D eigenvalue weighted by Crippen LogP contribution is -2.53. The molecular weight excluding hydrogens is 288 g/mol. The third kappa shape index (κ3) is 3.82. The average Bonchev–Trinajstić information content (AvgIpc) is 3.19. The third-order valence-electron chi connectivity index (χ3n) is 6.15. The lowest BCUT2D eigenvalue weighted by Gasteiger charge is -2.38. The first kappa shape index (κ1) is 17.0. The smallest absolute Gasteiger partial charge is 0.193 e. The molecule has 2 unspecified atom stereocenters. The van der Waals surface area contributed by atoms with Gasteiger partial charge in [-0.25, -0.2) is 0 Å². The van der Waals surface area contributed by atoms with E-state index in [4.69, 9.17) is 4.74 Å². The Hall–Kier alpha value is -0.810. The number of rotatable bonds is 3. The molecule has 3 fully saturated rings. The Labute approximate surface area is 141 Å². The highest BCUT2D eigenvalue weighted by molar-refractivity contribution is 5.80. The van der Waals surface area contributed by atoms with Crippen LogP contribution in [0.25, 0.3) is 0 Å². The van der Waals surface area contributed by atoms with Gasteiger partial charge < -0.3 is 15.0 Å². The summed E-state index contributed by atoms with van der Waals surface area (Å²) in [6, 6.07) is 1.02. The van der Waals surface area contributed by atoms with Crippen LogP contribution in [0, 0.1) is 5.41 Å². The monoisotopic (exact) mass is 322 g/mol. The van der Waals surface area contributed by atoms with Crippen LogP contribution in [0.5, 0.6) is 0 Å². The van der Waals surface area contributed by atoms with Crippen LogP contribution in [0.3, 0.4) is 0 Å². The minimum absolute atomic E-state index is 0.508. The SMILES string of the molecule is CN=C(NCC(C)N1CCOCC1C)N1CCC2(CCCC2)C1. The van der Waals surface area contributed by atoms with Crippen LogP contribution in [0.4, 0.5) is 0 Å².